The average Bonchev–Trinajstić information content (AvgIpc) is 2.44. The molecular weight excluding hydrogens is 280 g/mol. The molecule has 22 heavy (non-hydrogen) atoms. The normalized spacial score (nSPS) is 28.0. The Morgan fingerprint density at radius 3 is 2.55 bits per heavy atom. The number of hydrogen-bond donors (Lipinski definition) is 1. The minimum absolute atomic E-state index is 0.0546. The molecule has 0 bridgehead atoms. The van der Waals surface area contributed by atoms with Crippen molar-refractivity contribution in [1.29, 1.82) is 0 Å². The molecule has 2 rings (SSSR count). The third-order valence-electron chi connectivity index (χ3n) is 5.15. The molecule has 5 heteroatoms. The molecule has 0 saturated heterocycles. The van der Waals surface area contributed by atoms with Gasteiger partial charge in [0.25, 0.3) is 5.69 Å². The lowest BCUT2D eigenvalue weighted by Gasteiger charge is -2.57. The highest BCUT2D eigenvalue weighted by atomic mass is 16.6. The number of hydrogen-bond acceptors (Lipinski definition) is 4. The van der Waals surface area contributed by atoms with Crippen molar-refractivity contribution in [2.75, 3.05) is 7.11 Å². The van der Waals surface area contributed by atoms with E-state index < -0.39 is 0 Å². The Balaban J connectivity index is 2.15. The van der Waals surface area contributed by atoms with Crippen LogP contribution in [-0.2, 0) is 4.74 Å². The van der Waals surface area contributed by atoms with Gasteiger partial charge in [0.1, 0.15) is 0 Å². The Bertz CT molecular complexity index is 571. The van der Waals surface area contributed by atoms with Crippen LogP contribution < -0.4 is 5.32 Å². The summed E-state index contributed by atoms with van der Waals surface area (Å²) in [5, 5.41) is 14.7. The Kier molecular flexibility index (Phi) is 4.59. The fourth-order valence-corrected chi connectivity index (χ4v) is 3.93. The third kappa shape index (κ3) is 2.75. The molecule has 0 amide bonds. The van der Waals surface area contributed by atoms with Crippen LogP contribution in [0.15, 0.2) is 18.2 Å². The summed E-state index contributed by atoms with van der Waals surface area (Å²) < 4.78 is 5.57. The van der Waals surface area contributed by atoms with E-state index in [1.807, 2.05) is 12.1 Å². The average molecular weight is 306 g/mol. The maximum absolute atomic E-state index is 11.1. The van der Waals surface area contributed by atoms with Crippen molar-refractivity contribution in [3.05, 3.63) is 39.4 Å². The number of nitro groups is 1. The van der Waals surface area contributed by atoms with Gasteiger partial charge in [-0.25, -0.2) is 0 Å². The number of nitrogens with zero attached hydrogens (tertiary/aromatic N) is 1. The van der Waals surface area contributed by atoms with Crippen molar-refractivity contribution in [2.24, 2.45) is 11.3 Å². The van der Waals surface area contributed by atoms with Crippen LogP contribution in [0.1, 0.15) is 44.9 Å². The highest BCUT2D eigenvalue weighted by Crippen LogP contribution is 2.47. The van der Waals surface area contributed by atoms with Gasteiger partial charge >= 0.3 is 0 Å². The molecule has 122 valence electrons. The third-order valence-corrected chi connectivity index (χ3v) is 5.15. The maximum atomic E-state index is 11.1. The zero-order chi connectivity index (χ0) is 16.7. The van der Waals surface area contributed by atoms with Crippen molar-refractivity contribution >= 4 is 5.69 Å². The second-order valence-corrected chi connectivity index (χ2v) is 7.01. The van der Waals surface area contributed by atoms with Gasteiger partial charge in [-0.1, -0.05) is 32.9 Å². The summed E-state index contributed by atoms with van der Waals surface area (Å²) in [6.45, 7) is 10.4. The summed E-state index contributed by atoms with van der Waals surface area (Å²) in [6, 6.07) is 5.84. The van der Waals surface area contributed by atoms with Crippen LogP contribution >= 0.6 is 0 Å². The minimum Gasteiger partial charge on any atom is -0.380 e. The molecule has 0 aromatic heterocycles. The summed E-state index contributed by atoms with van der Waals surface area (Å²) in [4.78, 5) is 10.8. The van der Waals surface area contributed by atoms with E-state index in [0.717, 1.165) is 5.56 Å². The summed E-state index contributed by atoms with van der Waals surface area (Å²) in [5.74, 6) is 0.419. The first-order valence-corrected chi connectivity index (χ1v) is 7.74. The number of aryl methyl sites for hydroxylation is 1. The van der Waals surface area contributed by atoms with Crippen LogP contribution in [0.5, 0.6) is 0 Å². The number of methoxy groups -OCH3 is 1. The maximum Gasteiger partial charge on any atom is 0.272 e. The summed E-state index contributed by atoms with van der Waals surface area (Å²) in [5.41, 5.74) is 1.87. The molecule has 0 aliphatic heterocycles. The van der Waals surface area contributed by atoms with E-state index in [2.05, 4.69) is 33.0 Å². The number of nitrogens with one attached hydrogen (secondary N) is 1. The monoisotopic (exact) mass is 306 g/mol. The lowest BCUT2D eigenvalue weighted by atomic mass is 9.57. The van der Waals surface area contributed by atoms with Crippen molar-refractivity contribution in [3.63, 3.8) is 0 Å². The van der Waals surface area contributed by atoms with Crippen molar-refractivity contribution in [2.45, 2.75) is 52.8 Å². The van der Waals surface area contributed by atoms with E-state index in [0.29, 0.717) is 17.5 Å². The predicted molar refractivity (Wildman–Crippen MR) is 86.9 cm³/mol. The summed E-state index contributed by atoms with van der Waals surface area (Å²) in [7, 11) is 1.76. The standard InChI is InChI=1S/C17H26N2O3/c1-10-7-8-13(9-14(10)19(20)21)12(3)18-15-11(2)16(22-6)17(15,4)5/h7-9,11-12,15-16,18H,1-6H3/t11-,12-,15+,16-/m1/s1. The van der Waals surface area contributed by atoms with Crippen LogP contribution in [0, 0.1) is 28.4 Å². The van der Waals surface area contributed by atoms with Crippen LogP contribution in [0.2, 0.25) is 0 Å². The van der Waals surface area contributed by atoms with Crippen molar-refractivity contribution in [3.8, 4) is 0 Å². The van der Waals surface area contributed by atoms with Crippen LogP contribution in [0.25, 0.3) is 0 Å². The number of rotatable bonds is 5. The zero-order valence-electron chi connectivity index (χ0n) is 14.2. The molecule has 0 radical (unpaired) electrons. The van der Waals surface area contributed by atoms with Crippen molar-refractivity contribution < 1.29 is 9.66 Å². The van der Waals surface area contributed by atoms with E-state index in [9.17, 15) is 10.1 Å². The van der Waals surface area contributed by atoms with Crippen LogP contribution in [0.4, 0.5) is 5.69 Å². The molecular formula is C17H26N2O3. The SMILES string of the molecule is CO[C@@H]1[C@H](C)[C@H](N[C@H](C)c2ccc(C)c([N+](=O)[O-])c2)C1(C)C. The first-order chi connectivity index (χ1) is 10.2. The second-order valence-electron chi connectivity index (χ2n) is 7.01. The molecule has 1 fully saturated rings. The topological polar surface area (TPSA) is 64.4 Å². The van der Waals surface area contributed by atoms with Gasteiger partial charge in [-0.2, -0.15) is 0 Å². The quantitative estimate of drug-likeness (QED) is 0.666. The van der Waals surface area contributed by atoms with Gasteiger partial charge in [0.05, 0.1) is 11.0 Å². The van der Waals surface area contributed by atoms with Gasteiger partial charge in [0, 0.05) is 36.2 Å². The minimum atomic E-state index is -0.317. The Morgan fingerprint density at radius 2 is 2.05 bits per heavy atom. The van der Waals surface area contributed by atoms with Crippen LogP contribution in [0.3, 0.4) is 0 Å². The van der Waals surface area contributed by atoms with E-state index in [-0.39, 0.29) is 28.2 Å². The van der Waals surface area contributed by atoms with E-state index in [4.69, 9.17) is 4.74 Å². The van der Waals surface area contributed by atoms with E-state index in [1.165, 1.54) is 0 Å². The fourth-order valence-electron chi connectivity index (χ4n) is 3.93. The largest absolute Gasteiger partial charge is 0.380 e. The van der Waals surface area contributed by atoms with Crippen LogP contribution in [-0.4, -0.2) is 24.2 Å². The number of benzene rings is 1. The predicted octanol–water partition coefficient (Wildman–Crippen LogP) is 3.61. The molecule has 1 N–H and O–H groups in total. The first-order valence-electron chi connectivity index (χ1n) is 7.74. The smallest absolute Gasteiger partial charge is 0.272 e. The van der Waals surface area contributed by atoms with Gasteiger partial charge in [0.2, 0.25) is 0 Å². The number of ether oxygens (including phenoxy) is 1. The molecule has 0 heterocycles. The summed E-state index contributed by atoms with van der Waals surface area (Å²) in [6.07, 6.45) is 0.240. The van der Waals surface area contributed by atoms with Gasteiger partial charge in [0.15, 0.2) is 0 Å². The number of nitro benzene ring substituents is 1. The Hall–Kier alpha value is -1.46. The Labute approximate surface area is 132 Å². The van der Waals surface area contributed by atoms with E-state index >= 15 is 0 Å². The van der Waals surface area contributed by atoms with Crippen molar-refractivity contribution in [1.82, 2.24) is 5.32 Å². The molecule has 0 spiro atoms. The van der Waals surface area contributed by atoms with Gasteiger partial charge in [-0.05, 0) is 25.3 Å². The molecule has 1 saturated carbocycles. The molecule has 1 aromatic carbocycles. The summed E-state index contributed by atoms with van der Waals surface area (Å²) >= 11 is 0. The Morgan fingerprint density at radius 1 is 1.41 bits per heavy atom. The molecule has 1 aromatic rings. The van der Waals surface area contributed by atoms with Gasteiger partial charge in [-0.3, -0.25) is 10.1 Å². The molecule has 1 aliphatic rings. The second kappa shape index (κ2) is 5.97. The lowest BCUT2D eigenvalue weighted by molar-refractivity contribution is -0.385. The molecule has 1 aliphatic carbocycles. The zero-order valence-corrected chi connectivity index (χ0v) is 14.2. The fraction of sp³-hybridized carbons (Fsp3) is 0.647. The highest BCUT2D eigenvalue weighted by Gasteiger charge is 2.54. The van der Waals surface area contributed by atoms with Gasteiger partial charge in [-0.15, -0.1) is 0 Å². The highest BCUT2D eigenvalue weighted by molar-refractivity contribution is 5.43. The molecule has 0 unspecified atom stereocenters. The molecule has 5 nitrogen and oxygen atoms in total. The first kappa shape index (κ1) is 16.9. The van der Waals surface area contributed by atoms with E-state index in [1.54, 1.807) is 20.1 Å². The molecule has 4 atom stereocenters. The lowest BCUT2D eigenvalue weighted by Crippen LogP contribution is -2.67. The van der Waals surface area contributed by atoms with Gasteiger partial charge < -0.3 is 10.1 Å².